The van der Waals surface area contributed by atoms with Crippen molar-refractivity contribution in [1.82, 2.24) is 10.7 Å². The number of hydrazine groups is 1. The Bertz CT molecular complexity index is 577. The lowest BCUT2D eigenvalue weighted by molar-refractivity contribution is 0.0529. The summed E-state index contributed by atoms with van der Waals surface area (Å²) in [6, 6.07) is 6.76. The second-order valence-electron chi connectivity index (χ2n) is 5.53. The van der Waals surface area contributed by atoms with Crippen molar-refractivity contribution in [1.29, 1.82) is 0 Å². The van der Waals surface area contributed by atoms with Crippen LogP contribution in [0.5, 0.6) is 0 Å². The van der Waals surface area contributed by atoms with E-state index in [4.69, 9.17) is 10.6 Å². The predicted molar refractivity (Wildman–Crippen MR) is 83.8 cm³/mol. The summed E-state index contributed by atoms with van der Waals surface area (Å²) in [7, 11) is 0. The zero-order valence-corrected chi connectivity index (χ0v) is 13.0. The molecule has 0 aliphatic heterocycles. The Balaban J connectivity index is 2.39. The van der Waals surface area contributed by atoms with Crippen LogP contribution >= 0.6 is 0 Å². The van der Waals surface area contributed by atoms with Gasteiger partial charge in [-0.1, -0.05) is 11.8 Å². The fraction of sp³-hybridized carbons (Fsp3) is 0.375. The van der Waals surface area contributed by atoms with Gasteiger partial charge < -0.3 is 10.1 Å². The Morgan fingerprint density at radius 1 is 1.23 bits per heavy atom. The number of alkyl carbamates (subject to hydrolysis) is 1. The quantitative estimate of drug-likeness (QED) is 0.260. The monoisotopic (exact) mass is 303 g/mol. The van der Waals surface area contributed by atoms with Crippen molar-refractivity contribution in [2.75, 3.05) is 6.54 Å². The smallest absolute Gasteiger partial charge is 0.407 e. The summed E-state index contributed by atoms with van der Waals surface area (Å²) in [6.07, 6.45) is 0.0519. The largest absolute Gasteiger partial charge is 0.444 e. The molecule has 0 bridgehead atoms. The normalized spacial score (nSPS) is 10.2. The number of ether oxygens (including phenoxy) is 1. The molecule has 0 saturated heterocycles. The highest BCUT2D eigenvalue weighted by Gasteiger charge is 2.15. The van der Waals surface area contributed by atoms with Crippen LogP contribution in [-0.4, -0.2) is 24.1 Å². The van der Waals surface area contributed by atoms with Gasteiger partial charge in [0.1, 0.15) is 5.60 Å². The van der Waals surface area contributed by atoms with Crippen LogP contribution in [0.4, 0.5) is 4.79 Å². The maximum atomic E-state index is 11.4. The SMILES string of the molecule is CC(C)(C)OC(=O)NCCC#Cc1ccc(C(=O)NN)cc1. The van der Waals surface area contributed by atoms with Crippen LogP contribution in [0.3, 0.4) is 0 Å². The van der Waals surface area contributed by atoms with E-state index in [-0.39, 0.29) is 5.91 Å². The minimum absolute atomic E-state index is 0.346. The third-order valence-electron chi connectivity index (χ3n) is 2.43. The molecule has 0 heterocycles. The second-order valence-corrected chi connectivity index (χ2v) is 5.53. The first kappa shape index (κ1) is 17.5. The number of rotatable bonds is 3. The molecule has 4 N–H and O–H groups in total. The lowest BCUT2D eigenvalue weighted by atomic mass is 10.1. The van der Waals surface area contributed by atoms with E-state index in [0.29, 0.717) is 18.5 Å². The van der Waals surface area contributed by atoms with Gasteiger partial charge in [-0.2, -0.15) is 0 Å². The highest BCUT2D eigenvalue weighted by Crippen LogP contribution is 2.06. The summed E-state index contributed by atoms with van der Waals surface area (Å²) in [5, 5.41) is 2.63. The van der Waals surface area contributed by atoms with Crippen molar-refractivity contribution in [3.63, 3.8) is 0 Å². The number of hydrogen-bond acceptors (Lipinski definition) is 4. The Hall–Kier alpha value is -2.52. The molecule has 0 fully saturated rings. The minimum Gasteiger partial charge on any atom is -0.444 e. The van der Waals surface area contributed by atoms with Gasteiger partial charge in [0.2, 0.25) is 0 Å². The fourth-order valence-corrected chi connectivity index (χ4v) is 1.49. The second kappa shape index (κ2) is 8.05. The molecule has 1 aromatic carbocycles. The Kier molecular flexibility index (Phi) is 6.42. The van der Waals surface area contributed by atoms with E-state index in [0.717, 1.165) is 5.56 Å². The molecule has 0 atom stereocenters. The van der Waals surface area contributed by atoms with Crippen LogP contribution in [0.1, 0.15) is 43.1 Å². The summed E-state index contributed by atoms with van der Waals surface area (Å²) >= 11 is 0. The van der Waals surface area contributed by atoms with Crippen LogP contribution in [0.15, 0.2) is 24.3 Å². The maximum Gasteiger partial charge on any atom is 0.407 e. The first-order chi connectivity index (χ1) is 10.3. The van der Waals surface area contributed by atoms with Crippen molar-refractivity contribution < 1.29 is 14.3 Å². The standard InChI is InChI=1S/C16H21N3O3/c1-16(2,3)22-15(21)18-11-5-4-6-12-7-9-13(10-8-12)14(20)19-17/h7-10H,5,11,17H2,1-3H3,(H,18,21)(H,19,20). The third-order valence-corrected chi connectivity index (χ3v) is 2.43. The van der Waals surface area contributed by atoms with Gasteiger partial charge in [-0.05, 0) is 45.0 Å². The van der Waals surface area contributed by atoms with E-state index in [2.05, 4.69) is 22.6 Å². The number of nitrogens with one attached hydrogen (secondary N) is 2. The molecule has 1 rings (SSSR count). The van der Waals surface area contributed by atoms with Crippen LogP contribution in [0.25, 0.3) is 0 Å². The number of hydrogen-bond donors (Lipinski definition) is 3. The number of carbonyl (C=O) groups is 2. The van der Waals surface area contributed by atoms with Gasteiger partial charge in [-0.3, -0.25) is 10.2 Å². The molecule has 118 valence electrons. The average Bonchev–Trinajstić information content (AvgIpc) is 2.45. The number of nitrogens with two attached hydrogens (primary N) is 1. The Morgan fingerprint density at radius 2 is 1.86 bits per heavy atom. The number of amides is 2. The van der Waals surface area contributed by atoms with E-state index in [1.165, 1.54) is 0 Å². The fourth-order valence-electron chi connectivity index (χ4n) is 1.49. The first-order valence-electron chi connectivity index (χ1n) is 6.88. The van der Waals surface area contributed by atoms with Gasteiger partial charge in [-0.15, -0.1) is 0 Å². The average molecular weight is 303 g/mol. The van der Waals surface area contributed by atoms with Crippen molar-refractivity contribution in [2.45, 2.75) is 32.8 Å². The van der Waals surface area contributed by atoms with Gasteiger partial charge in [0, 0.05) is 24.1 Å². The van der Waals surface area contributed by atoms with Gasteiger partial charge >= 0.3 is 6.09 Å². The molecule has 0 aliphatic rings. The van der Waals surface area contributed by atoms with Crippen LogP contribution < -0.4 is 16.6 Å². The lowest BCUT2D eigenvalue weighted by Crippen LogP contribution is -2.32. The number of carbonyl (C=O) groups excluding carboxylic acids is 2. The highest BCUT2D eigenvalue weighted by molar-refractivity contribution is 5.93. The van der Waals surface area contributed by atoms with Crippen molar-refractivity contribution in [2.24, 2.45) is 5.84 Å². The predicted octanol–water partition coefficient (Wildman–Crippen LogP) is 1.56. The molecule has 2 amide bonds. The molecule has 22 heavy (non-hydrogen) atoms. The van der Waals surface area contributed by atoms with Crippen LogP contribution in [0, 0.1) is 11.8 Å². The van der Waals surface area contributed by atoms with Crippen LogP contribution in [0.2, 0.25) is 0 Å². The molecule has 0 aliphatic carbocycles. The van der Waals surface area contributed by atoms with Gasteiger partial charge in [0.05, 0.1) is 0 Å². The molecular formula is C16H21N3O3. The van der Waals surface area contributed by atoms with Crippen molar-refractivity contribution in [3.8, 4) is 11.8 Å². The molecule has 6 nitrogen and oxygen atoms in total. The molecule has 0 aromatic heterocycles. The zero-order valence-electron chi connectivity index (χ0n) is 13.0. The van der Waals surface area contributed by atoms with E-state index < -0.39 is 11.7 Å². The summed E-state index contributed by atoms with van der Waals surface area (Å²) < 4.78 is 5.10. The van der Waals surface area contributed by atoms with Gasteiger partial charge in [0.25, 0.3) is 5.91 Å². The zero-order chi connectivity index (χ0) is 16.6. The van der Waals surface area contributed by atoms with E-state index in [1.54, 1.807) is 45.0 Å². The lowest BCUT2D eigenvalue weighted by Gasteiger charge is -2.19. The molecule has 0 radical (unpaired) electrons. The molecular weight excluding hydrogens is 282 g/mol. The van der Waals surface area contributed by atoms with Crippen LogP contribution in [-0.2, 0) is 4.74 Å². The summed E-state index contributed by atoms with van der Waals surface area (Å²) in [5.41, 5.74) is 2.81. The van der Waals surface area contributed by atoms with Gasteiger partial charge in [-0.25, -0.2) is 10.6 Å². The van der Waals surface area contributed by atoms with Crippen molar-refractivity contribution in [3.05, 3.63) is 35.4 Å². The van der Waals surface area contributed by atoms with E-state index in [1.807, 2.05) is 0 Å². The van der Waals surface area contributed by atoms with Crippen molar-refractivity contribution >= 4 is 12.0 Å². The molecule has 1 aromatic rings. The molecule has 0 unspecified atom stereocenters. The van der Waals surface area contributed by atoms with E-state index in [9.17, 15) is 9.59 Å². The summed E-state index contributed by atoms with van der Waals surface area (Å²) in [4.78, 5) is 22.7. The Morgan fingerprint density at radius 3 is 2.41 bits per heavy atom. The highest BCUT2D eigenvalue weighted by atomic mass is 16.6. The topological polar surface area (TPSA) is 93.4 Å². The Labute approximate surface area is 130 Å². The van der Waals surface area contributed by atoms with Gasteiger partial charge in [0.15, 0.2) is 0 Å². The molecule has 0 saturated carbocycles. The van der Waals surface area contributed by atoms with E-state index >= 15 is 0 Å². The third kappa shape index (κ3) is 6.77. The summed E-state index contributed by atoms with van der Waals surface area (Å²) in [5.74, 6) is 10.6. The number of benzene rings is 1. The molecule has 6 heteroatoms. The number of nitrogen functional groups attached to an aromatic ring is 1. The maximum absolute atomic E-state index is 11.4. The molecule has 0 spiro atoms. The minimum atomic E-state index is -0.507. The summed E-state index contributed by atoms with van der Waals surface area (Å²) in [6.45, 7) is 5.83. The first-order valence-corrected chi connectivity index (χ1v) is 6.88.